The summed E-state index contributed by atoms with van der Waals surface area (Å²) in [5, 5.41) is 0. The van der Waals surface area contributed by atoms with Crippen LogP contribution in [0.25, 0.3) is 11.1 Å². The van der Waals surface area contributed by atoms with Crippen LogP contribution in [0.15, 0.2) is 157 Å². The number of allylic oxidation sites excluding steroid dienone is 3. The molecule has 0 aliphatic rings. The van der Waals surface area contributed by atoms with Gasteiger partial charge in [0.15, 0.2) is 0 Å². The summed E-state index contributed by atoms with van der Waals surface area (Å²) in [6.07, 6.45) is 1.37. The first kappa shape index (κ1) is 29.3. The van der Waals surface area contributed by atoms with Crippen molar-refractivity contribution in [2.24, 2.45) is 0 Å². The second-order valence-electron chi connectivity index (χ2n) is 10.6. The molecule has 0 fully saturated rings. The van der Waals surface area contributed by atoms with E-state index in [1.807, 2.05) is 37.3 Å². The fourth-order valence-electron chi connectivity index (χ4n) is 5.53. The van der Waals surface area contributed by atoms with Crippen LogP contribution in [0.1, 0.15) is 36.1 Å². The third-order valence-electron chi connectivity index (χ3n) is 7.65. The lowest BCUT2D eigenvalue weighted by atomic mass is 9.94. The Hall–Kier alpha value is -5.15. The van der Waals surface area contributed by atoms with Gasteiger partial charge in [0.2, 0.25) is 0 Å². The van der Waals surface area contributed by atoms with E-state index in [-0.39, 0.29) is 5.97 Å². The fourth-order valence-corrected chi connectivity index (χ4v) is 5.53. The van der Waals surface area contributed by atoms with E-state index in [0.29, 0.717) is 12.0 Å². The molecule has 3 heteroatoms. The summed E-state index contributed by atoms with van der Waals surface area (Å²) in [4.78, 5) is 15.2. The van der Waals surface area contributed by atoms with Crippen LogP contribution in [0.4, 0.5) is 11.4 Å². The molecule has 0 spiro atoms. The fraction of sp³-hybridized carbons (Fsp3) is 0.125. The van der Waals surface area contributed by atoms with Gasteiger partial charge in [-0.1, -0.05) is 127 Å². The quantitative estimate of drug-likeness (QED) is 0.125. The third-order valence-corrected chi connectivity index (χ3v) is 7.65. The molecule has 5 rings (SSSR count). The van der Waals surface area contributed by atoms with Crippen LogP contribution in [-0.2, 0) is 22.4 Å². The number of esters is 1. The van der Waals surface area contributed by atoms with Crippen LogP contribution in [0.5, 0.6) is 0 Å². The molecule has 0 saturated carbocycles. The SMILES string of the molecule is COC(=O)/C(=C(/C)Cc1cccc(C/C(=C(\C)c2ccccc2)N(c2ccccc2)c2ccccc2)c1)c1ccccc1. The van der Waals surface area contributed by atoms with Crippen LogP contribution in [0.3, 0.4) is 0 Å². The molecule has 43 heavy (non-hydrogen) atoms. The van der Waals surface area contributed by atoms with Crippen molar-refractivity contribution in [1.82, 2.24) is 0 Å². The summed E-state index contributed by atoms with van der Waals surface area (Å²) in [5.41, 5.74) is 10.6. The minimum atomic E-state index is -0.315. The highest BCUT2D eigenvalue weighted by atomic mass is 16.5. The number of anilines is 2. The van der Waals surface area contributed by atoms with E-state index in [1.165, 1.54) is 29.5 Å². The highest BCUT2D eigenvalue weighted by Gasteiger charge is 2.20. The van der Waals surface area contributed by atoms with Crippen molar-refractivity contribution in [3.05, 3.63) is 179 Å². The molecule has 0 aliphatic carbocycles. The lowest BCUT2D eigenvalue weighted by Gasteiger charge is -2.30. The first-order valence-corrected chi connectivity index (χ1v) is 14.6. The van der Waals surface area contributed by atoms with E-state index in [1.54, 1.807) is 0 Å². The normalized spacial score (nSPS) is 12.2. The smallest absolute Gasteiger partial charge is 0.338 e. The van der Waals surface area contributed by atoms with Gasteiger partial charge in [-0.2, -0.15) is 0 Å². The van der Waals surface area contributed by atoms with Crippen molar-refractivity contribution in [3.8, 4) is 0 Å². The molecule has 0 saturated heterocycles. The average Bonchev–Trinajstić information content (AvgIpc) is 3.06. The zero-order valence-electron chi connectivity index (χ0n) is 25.0. The maximum Gasteiger partial charge on any atom is 0.338 e. The molecule has 0 N–H and O–H groups in total. The number of carbonyl (C=O) groups is 1. The van der Waals surface area contributed by atoms with Gasteiger partial charge in [0.1, 0.15) is 0 Å². The summed E-state index contributed by atoms with van der Waals surface area (Å²) >= 11 is 0. The highest BCUT2D eigenvalue weighted by Crippen LogP contribution is 2.35. The Morgan fingerprint density at radius 1 is 0.581 bits per heavy atom. The molecule has 3 nitrogen and oxygen atoms in total. The van der Waals surface area contributed by atoms with Gasteiger partial charge in [-0.05, 0) is 72.4 Å². The van der Waals surface area contributed by atoms with Gasteiger partial charge in [0, 0.05) is 23.5 Å². The van der Waals surface area contributed by atoms with Crippen LogP contribution in [-0.4, -0.2) is 13.1 Å². The maximum atomic E-state index is 12.8. The first-order chi connectivity index (χ1) is 21.0. The van der Waals surface area contributed by atoms with E-state index < -0.39 is 0 Å². The molecule has 5 aromatic rings. The van der Waals surface area contributed by atoms with Crippen LogP contribution < -0.4 is 4.90 Å². The van der Waals surface area contributed by atoms with Gasteiger partial charge >= 0.3 is 5.97 Å². The molecule has 0 radical (unpaired) electrons. The zero-order chi connectivity index (χ0) is 30.0. The van der Waals surface area contributed by atoms with E-state index in [0.717, 1.165) is 34.5 Å². The molecule has 5 aromatic carbocycles. The minimum absolute atomic E-state index is 0.315. The molecule has 0 atom stereocenters. The Bertz CT molecular complexity index is 1670. The Morgan fingerprint density at radius 2 is 1.05 bits per heavy atom. The predicted molar refractivity (Wildman–Crippen MR) is 179 cm³/mol. The highest BCUT2D eigenvalue weighted by molar-refractivity contribution is 6.17. The minimum Gasteiger partial charge on any atom is -0.465 e. The average molecular weight is 564 g/mol. The monoisotopic (exact) mass is 563 g/mol. The number of hydrogen-bond donors (Lipinski definition) is 0. The number of ether oxygens (including phenoxy) is 1. The summed E-state index contributed by atoms with van der Waals surface area (Å²) in [5.74, 6) is -0.315. The lowest BCUT2D eigenvalue weighted by molar-refractivity contribution is -0.133. The van der Waals surface area contributed by atoms with E-state index in [2.05, 4.69) is 127 Å². The van der Waals surface area contributed by atoms with Crippen LogP contribution in [0, 0.1) is 0 Å². The number of nitrogens with zero attached hydrogens (tertiary/aromatic N) is 1. The molecular formula is C40H37NO2. The van der Waals surface area contributed by atoms with Gasteiger partial charge in [0.25, 0.3) is 0 Å². The summed E-state index contributed by atoms with van der Waals surface area (Å²) < 4.78 is 5.17. The molecular weight excluding hydrogens is 526 g/mol. The molecule has 0 unspecified atom stereocenters. The second-order valence-corrected chi connectivity index (χ2v) is 10.6. The van der Waals surface area contributed by atoms with Gasteiger partial charge < -0.3 is 9.64 Å². The predicted octanol–water partition coefficient (Wildman–Crippen LogP) is 9.69. The molecule has 0 aromatic heterocycles. The molecule has 0 aliphatic heterocycles. The maximum absolute atomic E-state index is 12.8. The lowest BCUT2D eigenvalue weighted by Crippen LogP contribution is -2.19. The van der Waals surface area contributed by atoms with Gasteiger partial charge in [-0.3, -0.25) is 0 Å². The summed E-state index contributed by atoms with van der Waals surface area (Å²) in [6, 6.07) is 50.1. The van der Waals surface area contributed by atoms with Gasteiger partial charge in [-0.25, -0.2) is 4.79 Å². The van der Waals surface area contributed by atoms with E-state index in [9.17, 15) is 4.79 Å². The van der Waals surface area contributed by atoms with Crippen LogP contribution in [0.2, 0.25) is 0 Å². The zero-order valence-corrected chi connectivity index (χ0v) is 25.0. The van der Waals surface area contributed by atoms with Crippen molar-refractivity contribution in [3.63, 3.8) is 0 Å². The van der Waals surface area contributed by atoms with E-state index in [4.69, 9.17) is 4.74 Å². The van der Waals surface area contributed by atoms with Crippen molar-refractivity contribution < 1.29 is 9.53 Å². The van der Waals surface area contributed by atoms with Gasteiger partial charge in [-0.15, -0.1) is 0 Å². The number of benzene rings is 5. The Labute approximate surface area is 255 Å². The number of rotatable bonds is 10. The largest absolute Gasteiger partial charge is 0.465 e. The van der Waals surface area contributed by atoms with Crippen molar-refractivity contribution in [2.75, 3.05) is 12.0 Å². The third kappa shape index (κ3) is 7.20. The Kier molecular flexibility index (Phi) is 9.66. The second kappa shape index (κ2) is 14.2. The number of methoxy groups -OCH3 is 1. The van der Waals surface area contributed by atoms with Crippen molar-refractivity contribution >= 4 is 28.5 Å². The molecule has 0 heterocycles. The number of carbonyl (C=O) groups excluding carboxylic acids is 1. The topological polar surface area (TPSA) is 29.5 Å². The number of hydrogen-bond acceptors (Lipinski definition) is 3. The first-order valence-electron chi connectivity index (χ1n) is 14.6. The Balaban J connectivity index is 1.57. The summed E-state index contributed by atoms with van der Waals surface area (Å²) in [6.45, 7) is 4.23. The van der Waals surface area contributed by atoms with Gasteiger partial charge in [0.05, 0.1) is 12.7 Å². The Morgan fingerprint density at radius 3 is 1.56 bits per heavy atom. The molecule has 214 valence electrons. The van der Waals surface area contributed by atoms with E-state index >= 15 is 0 Å². The molecule has 0 amide bonds. The summed E-state index contributed by atoms with van der Waals surface area (Å²) in [7, 11) is 1.44. The van der Waals surface area contributed by atoms with Crippen molar-refractivity contribution in [2.45, 2.75) is 26.7 Å². The standard InChI is InChI=1S/C40H37NO2/c1-30(39(40(42)43-3)35-21-10-5-11-22-35)27-32-17-16-18-33(28-32)29-38(31(2)34-19-8-4-9-20-34)41(36-23-12-6-13-24-36)37-25-14-7-15-26-37/h4-26,28H,27,29H2,1-3H3/b38-31-,39-30-. The van der Waals surface area contributed by atoms with Crippen LogP contribution >= 0.6 is 0 Å². The van der Waals surface area contributed by atoms with Crippen molar-refractivity contribution in [1.29, 1.82) is 0 Å². The molecule has 0 bridgehead atoms. The number of para-hydroxylation sites is 2.